The number of ether oxygens (including phenoxy) is 1. The zero-order chi connectivity index (χ0) is 21.9. The molecular weight excluding hydrogens is 382 g/mol. The third-order valence-electron chi connectivity index (χ3n) is 5.24. The lowest BCUT2D eigenvalue weighted by atomic mass is 9.92. The summed E-state index contributed by atoms with van der Waals surface area (Å²) in [4.78, 5) is 38.8. The highest BCUT2D eigenvalue weighted by Gasteiger charge is 2.48. The summed E-state index contributed by atoms with van der Waals surface area (Å²) < 4.78 is 5.34. The average molecular weight is 409 g/mol. The number of hydrogen-bond donors (Lipinski definition) is 2. The molecule has 7 heteroatoms. The molecule has 1 fully saturated rings. The van der Waals surface area contributed by atoms with Gasteiger partial charge in [-0.2, -0.15) is 0 Å². The predicted molar refractivity (Wildman–Crippen MR) is 115 cm³/mol. The van der Waals surface area contributed by atoms with Crippen LogP contribution in [0, 0.1) is 0 Å². The molecule has 2 aromatic carbocycles. The highest BCUT2D eigenvalue weighted by Crippen LogP contribution is 2.27. The number of carbonyl (C=O) groups excluding carboxylic acids is 3. The van der Waals surface area contributed by atoms with Crippen molar-refractivity contribution in [1.29, 1.82) is 0 Å². The Balaban J connectivity index is 1.67. The standard InChI is InChI=1S/C23H27N3O4/c1-15(2)16-9-11-18(12-10-16)24-20(27)14-26-21(28)23(3,25-22(26)29)13-17-7-5-6-8-19(17)30-4/h5-12,15H,13-14H2,1-4H3,(H,24,27)(H,25,29)/t23-/m0/s1. The van der Waals surface area contributed by atoms with E-state index in [0.29, 0.717) is 17.4 Å². The molecule has 0 aromatic heterocycles. The molecule has 1 heterocycles. The van der Waals surface area contributed by atoms with Crippen molar-refractivity contribution >= 4 is 23.5 Å². The van der Waals surface area contributed by atoms with Crippen molar-refractivity contribution < 1.29 is 19.1 Å². The first-order valence-electron chi connectivity index (χ1n) is 9.89. The molecule has 0 radical (unpaired) electrons. The molecule has 158 valence electrons. The van der Waals surface area contributed by atoms with Gasteiger partial charge in [0.05, 0.1) is 7.11 Å². The molecule has 0 spiro atoms. The molecule has 4 amide bonds. The second-order valence-electron chi connectivity index (χ2n) is 7.97. The van der Waals surface area contributed by atoms with Crippen LogP contribution < -0.4 is 15.4 Å². The van der Waals surface area contributed by atoms with Crippen molar-refractivity contribution in [3.8, 4) is 5.75 Å². The normalized spacial score (nSPS) is 18.5. The zero-order valence-corrected chi connectivity index (χ0v) is 17.7. The van der Waals surface area contributed by atoms with Gasteiger partial charge in [0.1, 0.15) is 17.8 Å². The van der Waals surface area contributed by atoms with E-state index in [0.717, 1.165) is 16.0 Å². The number of nitrogens with one attached hydrogen (secondary N) is 2. The van der Waals surface area contributed by atoms with E-state index in [1.54, 1.807) is 20.1 Å². The minimum absolute atomic E-state index is 0.260. The molecule has 3 rings (SSSR count). The monoisotopic (exact) mass is 409 g/mol. The van der Waals surface area contributed by atoms with Crippen LogP contribution in [0.4, 0.5) is 10.5 Å². The van der Waals surface area contributed by atoms with Gasteiger partial charge in [0, 0.05) is 12.1 Å². The summed E-state index contributed by atoms with van der Waals surface area (Å²) in [5, 5.41) is 5.46. The summed E-state index contributed by atoms with van der Waals surface area (Å²) in [6, 6.07) is 14.3. The second kappa shape index (κ2) is 8.57. The smallest absolute Gasteiger partial charge is 0.325 e. The molecule has 2 aromatic rings. The minimum Gasteiger partial charge on any atom is -0.496 e. The molecule has 2 N–H and O–H groups in total. The lowest BCUT2D eigenvalue weighted by Crippen LogP contribution is -2.46. The van der Waals surface area contributed by atoms with Gasteiger partial charge < -0.3 is 15.4 Å². The molecule has 1 saturated heterocycles. The summed E-state index contributed by atoms with van der Waals surface area (Å²) in [5.74, 6) is 0.157. The maximum absolute atomic E-state index is 13.0. The van der Waals surface area contributed by atoms with E-state index >= 15 is 0 Å². The van der Waals surface area contributed by atoms with Gasteiger partial charge in [-0.3, -0.25) is 14.5 Å². The molecule has 1 atom stereocenters. The van der Waals surface area contributed by atoms with E-state index in [2.05, 4.69) is 24.5 Å². The molecule has 1 aliphatic heterocycles. The van der Waals surface area contributed by atoms with Crippen LogP contribution >= 0.6 is 0 Å². The third-order valence-corrected chi connectivity index (χ3v) is 5.24. The summed E-state index contributed by atoms with van der Waals surface area (Å²) in [6.07, 6.45) is 0.260. The van der Waals surface area contributed by atoms with Crippen molar-refractivity contribution in [1.82, 2.24) is 10.2 Å². The van der Waals surface area contributed by atoms with Crippen LogP contribution in [0.15, 0.2) is 48.5 Å². The van der Waals surface area contributed by atoms with E-state index in [1.165, 1.54) is 0 Å². The Labute approximate surface area is 176 Å². The van der Waals surface area contributed by atoms with Crippen LogP contribution in [0.5, 0.6) is 5.75 Å². The number of urea groups is 1. The predicted octanol–water partition coefficient (Wildman–Crippen LogP) is 3.31. The Morgan fingerprint density at radius 2 is 1.80 bits per heavy atom. The Bertz CT molecular complexity index is 955. The van der Waals surface area contributed by atoms with Crippen molar-refractivity contribution in [3.63, 3.8) is 0 Å². The molecule has 0 bridgehead atoms. The SMILES string of the molecule is COc1ccccc1C[C@]1(C)NC(=O)N(CC(=O)Nc2ccc(C(C)C)cc2)C1=O. The first kappa shape index (κ1) is 21.4. The van der Waals surface area contributed by atoms with Crippen LogP contribution in [0.1, 0.15) is 37.8 Å². The van der Waals surface area contributed by atoms with E-state index in [-0.39, 0.29) is 13.0 Å². The Morgan fingerprint density at radius 1 is 1.13 bits per heavy atom. The molecule has 0 saturated carbocycles. The number of methoxy groups -OCH3 is 1. The number of hydrogen-bond acceptors (Lipinski definition) is 4. The average Bonchev–Trinajstić information content (AvgIpc) is 2.91. The number of nitrogens with zero attached hydrogens (tertiary/aromatic N) is 1. The van der Waals surface area contributed by atoms with Gasteiger partial charge in [-0.1, -0.05) is 44.2 Å². The van der Waals surface area contributed by atoms with Gasteiger partial charge in [-0.05, 0) is 42.2 Å². The van der Waals surface area contributed by atoms with E-state index in [4.69, 9.17) is 4.74 Å². The zero-order valence-electron chi connectivity index (χ0n) is 17.7. The van der Waals surface area contributed by atoms with Crippen molar-refractivity contribution in [2.75, 3.05) is 19.0 Å². The third kappa shape index (κ3) is 4.45. The highest BCUT2D eigenvalue weighted by atomic mass is 16.5. The number of para-hydroxylation sites is 1. The van der Waals surface area contributed by atoms with E-state index in [1.807, 2.05) is 42.5 Å². The summed E-state index contributed by atoms with van der Waals surface area (Å²) >= 11 is 0. The molecule has 0 aliphatic carbocycles. The van der Waals surface area contributed by atoms with E-state index < -0.39 is 23.4 Å². The summed E-state index contributed by atoms with van der Waals surface area (Å²) in [6.45, 7) is 5.49. The maximum atomic E-state index is 13.0. The van der Waals surface area contributed by atoms with Crippen molar-refractivity contribution in [2.24, 2.45) is 0 Å². The first-order chi connectivity index (χ1) is 14.2. The van der Waals surface area contributed by atoms with Crippen LogP contribution in [0.2, 0.25) is 0 Å². The van der Waals surface area contributed by atoms with Gasteiger partial charge in [0.25, 0.3) is 5.91 Å². The van der Waals surface area contributed by atoms with Crippen LogP contribution in [0.3, 0.4) is 0 Å². The van der Waals surface area contributed by atoms with Crippen LogP contribution in [0.25, 0.3) is 0 Å². The van der Waals surface area contributed by atoms with Gasteiger partial charge in [0.15, 0.2) is 0 Å². The van der Waals surface area contributed by atoms with Crippen molar-refractivity contribution in [3.05, 3.63) is 59.7 Å². The largest absolute Gasteiger partial charge is 0.496 e. The fourth-order valence-corrected chi connectivity index (χ4v) is 3.54. The Morgan fingerprint density at radius 3 is 2.43 bits per heavy atom. The van der Waals surface area contributed by atoms with Crippen LogP contribution in [-0.2, 0) is 16.0 Å². The van der Waals surface area contributed by atoms with Gasteiger partial charge in [0.2, 0.25) is 5.91 Å². The maximum Gasteiger partial charge on any atom is 0.325 e. The fourth-order valence-electron chi connectivity index (χ4n) is 3.54. The van der Waals surface area contributed by atoms with Gasteiger partial charge in [-0.15, -0.1) is 0 Å². The summed E-state index contributed by atoms with van der Waals surface area (Å²) in [5.41, 5.74) is 1.43. The Hall–Kier alpha value is -3.35. The van der Waals surface area contributed by atoms with Gasteiger partial charge >= 0.3 is 6.03 Å². The molecule has 0 unspecified atom stereocenters. The molecule has 7 nitrogen and oxygen atoms in total. The first-order valence-corrected chi connectivity index (χ1v) is 9.89. The fraction of sp³-hybridized carbons (Fsp3) is 0.348. The second-order valence-corrected chi connectivity index (χ2v) is 7.97. The number of anilines is 1. The number of imide groups is 1. The Kier molecular flexibility index (Phi) is 6.10. The highest BCUT2D eigenvalue weighted by molar-refractivity contribution is 6.10. The lowest BCUT2D eigenvalue weighted by molar-refractivity contribution is -0.133. The van der Waals surface area contributed by atoms with Crippen molar-refractivity contribution in [2.45, 2.75) is 38.6 Å². The topological polar surface area (TPSA) is 87.7 Å². The van der Waals surface area contributed by atoms with Gasteiger partial charge in [-0.25, -0.2) is 4.79 Å². The molecule has 1 aliphatic rings. The summed E-state index contributed by atoms with van der Waals surface area (Å²) in [7, 11) is 1.56. The lowest BCUT2D eigenvalue weighted by Gasteiger charge is -2.22. The number of rotatable bonds is 7. The number of carbonyl (C=O) groups is 3. The number of benzene rings is 2. The number of amides is 4. The minimum atomic E-state index is -1.15. The van der Waals surface area contributed by atoms with E-state index in [9.17, 15) is 14.4 Å². The molecular formula is C23H27N3O4. The molecule has 30 heavy (non-hydrogen) atoms. The van der Waals surface area contributed by atoms with Crippen LogP contribution in [-0.4, -0.2) is 41.9 Å². The quantitative estimate of drug-likeness (QED) is 0.687.